The maximum absolute atomic E-state index is 3.83. The van der Waals surface area contributed by atoms with Gasteiger partial charge in [-0.05, 0) is 18.1 Å². The Labute approximate surface area is 49.4 Å². The fourth-order valence-corrected chi connectivity index (χ4v) is 0.557. The van der Waals surface area contributed by atoms with Gasteiger partial charge in [0.25, 0.3) is 0 Å². The smallest absolute Gasteiger partial charge is 0.0920 e. The molecule has 1 aromatic rings. The van der Waals surface area contributed by atoms with Crippen molar-refractivity contribution in [2.75, 3.05) is 0 Å². The van der Waals surface area contributed by atoms with Crippen molar-refractivity contribution < 1.29 is 0 Å². The van der Waals surface area contributed by atoms with E-state index in [0.29, 0.717) is 0 Å². The molecule has 8 heavy (non-hydrogen) atoms. The van der Waals surface area contributed by atoms with Crippen molar-refractivity contribution in [3.8, 4) is 0 Å². The summed E-state index contributed by atoms with van der Waals surface area (Å²) >= 11 is 0. The average molecular weight is 106 g/mol. The van der Waals surface area contributed by atoms with E-state index in [0.717, 1.165) is 6.42 Å². The third-order valence-electron chi connectivity index (χ3n) is 1.05. The second-order valence-electron chi connectivity index (χ2n) is 1.63. The lowest BCUT2D eigenvalue weighted by Crippen LogP contribution is -1.78. The zero-order chi connectivity index (χ0) is 5.82. The molecule has 0 saturated carbocycles. The first-order valence-corrected chi connectivity index (χ1v) is 2.75. The minimum absolute atomic E-state index is 1.02. The highest BCUT2D eigenvalue weighted by atomic mass is 14.6. The summed E-state index contributed by atoms with van der Waals surface area (Å²) in [6.07, 6.45) is 5.62. The van der Waals surface area contributed by atoms with Crippen molar-refractivity contribution in [2.24, 2.45) is 0 Å². The summed E-state index contributed by atoms with van der Waals surface area (Å²) in [4.78, 5) is 3.83. The highest BCUT2D eigenvalue weighted by Gasteiger charge is 1.82. The Morgan fingerprint density at radius 1 is 1.75 bits per heavy atom. The number of aromatic nitrogens is 1. The van der Waals surface area contributed by atoms with E-state index in [9.17, 15) is 0 Å². The molecule has 0 aromatic carbocycles. The largest absolute Gasteiger partial charge is 0.254 e. The van der Waals surface area contributed by atoms with Crippen molar-refractivity contribution in [3.63, 3.8) is 0 Å². The molecular weight excluding hydrogens is 98.1 g/mol. The summed E-state index contributed by atoms with van der Waals surface area (Å²) in [5.41, 5.74) is 1.17. The van der Waals surface area contributed by atoms with Gasteiger partial charge >= 0.3 is 0 Å². The van der Waals surface area contributed by atoms with Crippen molar-refractivity contribution in [1.29, 1.82) is 0 Å². The van der Waals surface area contributed by atoms with Crippen molar-refractivity contribution in [3.05, 3.63) is 30.1 Å². The quantitative estimate of drug-likeness (QED) is 0.528. The minimum Gasteiger partial charge on any atom is -0.254 e. The van der Waals surface area contributed by atoms with Gasteiger partial charge in [0.15, 0.2) is 0 Å². The Hall–Kier alpha value is -0.850. The lowest BCUT2D eigenvalue weighted by atomic mass is 10.2. The summed E-state index contributed by atoms with van der Waals surface area (Å²) in [7, 11) is 0. The summed E-state index contributed by atoms with van der Waals surface area (Å²) in [6.45, 7) is 2.09. The number of pyridine rings is 1. The first-order chi connectivity index (χ1) is 3.93. The second kappa shape index (κ2) is 2.46. The van der Waals surface area contributed by atoms with Crippen molar-refractivity contribution in [1.82, 2.24) is 4.98 Å². The van der Waals surface area contributed by atoms with Gasteiger partial charge in [0.05, 0.1) is 6.20 Å². The molecule has 0 aliphatic rings. The summed E-state index contributed by atoms with van der Waals surface area (Å²) in [5.74, 6) is 0. The third-order valence-corrected chi connectivity index (χ3v) is 1.05. The highest BCUT2D eigenvalue weighted by Crippen LogP contribution is 1.92. The van der Waals surface area contributed by atoms with Crippen LogP contribution >= 0.6 is 0 Å². The molecule has 1 heterocycles. The highest BCUT2D eigenvalue weighted by molar-refractivity contribution is 5.05. The fraction of sp³-hybridized carbons (Fsp3) is 0.286. The fourth-order valence-electron chi connectivity index (χ4n) is 0.557. The Bertz CT molecular complexity index is 146. The van der Waals surface area contributed by atoms with E-state index >= 15 is 0 Å². The number of hydrogen-bond donors (Lipinski definition) is 0. The van der Waals surface area contributed by atoms with Crippen LogP contribution < -0.4 is 0 Å². The van der Waals surface area contributed by atoms with Gasteiger partial charge in [-0.3, -0.25) is 4.98 Å². The van der Waals surface area contributed by atoms with Crippen LogP contribution in [0.1, 0.15) is 12.5 Å². The van der Waals surface area contributed by atoms with Gasteiger partial charge < -0.3 is 0 Å². The molecule has 1 radical (unpaired) electrons. The Morgan fingerprint density at radius 3 is 3.00 bits per heavy atom. The molecule has 0 fully saturated rings. The van der Waals surface area contributed by atoms with E-state index in [1.807, 2.05) is 12.1 Å². The predicted octanol–water partition coefficient (Wildman–Crippen LogP) is 1.44. The van der Waals surface area contributed by atoms with Gasteiger partial charge in [-0.1, -0.05) is 13.0 Å². The molecule has 1 rings (SSSR count). The lowest BCUT2D eigenvalue weighted by Gasteiger charge is -1.87. The number of nitrogens with zero attached hydrogens (tertiary/aromatic N) is 1. The van der Waals surface area contributed by atoms with Crippen LogP contribution in [0.2, 0.25) is 0 Å². The molecule has 0 atom stereocenters. The van der Waals surface area contributed by atoms with E-state index < -0.39 is 0 Å². The van der Waals surface area contributed by atoms with Gasteiger partial charge in [0.1, 0.15) is 0 Å². The second-order valence-corrected chi connectivity index (χ2v) is 1.63. The van der Waals surface area contributed by atoms with E-state index in [2.05, 4.69) is 18.1 Å². The zero-order valence-corrected chi connectivity index (χ0v) is 4.89. The van der Waals surface area contributed by atoms with Crippen LogP contribution in [0.4, 0.5) is 0 Å². The van der Waals surface area contributed by atoms with Crippen molar-refractivity contribution >= 4 is 0 Å². The van der Waals surface area contributed by atoms with Gasteiger partial charge in [-0.15, -0.1) is 0 Å². The van der Waals surface area contributed by atoms with Gasteiger partial charge in [0, 0.05) is 6.20 Å². The van der Waals surface area contributed by atoms with Crippen molar-refractivity contribution in [2.45, 2.75) is 13.3 Å². The van der Waals surface area contributed by atoms with E-state index in [1.54, 1.807) is 6.20 Å². The van der Waals surface area contributed by atoms with Gasteiger partial charge in [-0.25, -0.2) is 0 Å². The van der Waals surface area contributed by atoms with Crippen LogP contribution in [-0.2, 0) is 6.42 Å². The summed E-state index contributed by atoms with van der Waals surface area (Å²) in [5, 5.41) is 0. The van der Waals surface area contributed by atoms with Crippen LogP contribution in [0.15, 0.2) is 18.3 Å². The molecule has 1 nitrogen and oxygen atoms in total. The molecule has 0 spiro atoms. The van der Waals surface area contributed by atoms with Crippen LogP contribution in [-0.4, -0.2) is 4.98 Å². The number of aryl methyl sites for hydroxylation is 1. The lowest BCUT2D eigenvalue weighted by molar-refractivity contribution is 1.10. The molecule has 0 saturated heterocycles. The molecule has 0 aliphatic carbocycles. The molecule has 41 valence electrons. The molecule has 1 aromatic heterocycles. The maximum Gasteiger partial charge on any atom is 0.0920 e. The van der Waals surface area contributed by atoms with Gasteiger partial charge in [0.2, 0.25) is 0 Å². The SMILES string of the molecule is CCc1[c]nccc1. The van der Waals surface area contributed by atoms with Gasteiger partial charge in [-0.2, -0.15) is 0 Å². The number of rotatable bonds is 1. The standard InChI is InChI=1S/C7H8N/c1-2-7-4-3-5-8-6-7/h3-5H,2H2,1H3. The molecule has 0 amide bonds. The molecule has 0 unspecified atom stereocenters. The normalized spacial score (nSPS) is 9.12. The monoisotopic (exact) mass is 106 g/mol. The topological polar surface area (TPSA) is 12.9 Å². The van der Waals surface area contributed by atoms with Crippen LogP contribution in [0.3, 0.4) is 0 Å². The number of hydrogen-bond acceptors (Lipinski definition) is 1. The maximum atomic E-state index is 3.83. The molecule has 0 bridgehead atoms. The van der Waals surface area contributed by atoms with E-state index in [4.69, 9.17) is 0 Å². The molecule has 1 heteroatoms. The first kappa shape index (κ1) is 5.29. The van der Waals surface area contributed by atoms with E-state index in [1.165, 1.54) is 5.56 Å². The van der Waals surface area contributed by atoms with E-state index in [-0.39, 0.29) is 0 Å². The van der Waals surface area contributed by atoms with Crippen LogP contribution in [0.25, 0.3) is 0 Å². The minimum atomic E-state index is 1.02. The molecular formula is C7H8N. The molecule has 0 N–H and O–H groups in total. The zero-order valence-electron chi connectivity index (χ0n) is 4.89. The average Bonchev–Trinajstić information content (AvgIpc) is 1.90. The van der Waals surface area contributed by atoms with Crippen LogP contribution in [0, 0.1) is 6.20 Å². The Balaban J connectivity index is 2.83. The summed E-state index contributed by atoms with van der Waals surface area (Å²) < 4.78 is 0. The first-order valence-electron chi connectivity index (χ1n) is 2.75. The Morgan fingerprint density at radius 2 is 2.62 bits per heavy atom. The predicted molar refractivity (Wildman–Crippen MR) is 32.5 cm³/mol. The summed E-state index contributed by atoms with van der Waals surface area (Å²) in [6, 6.07) is 3.95. The Kier molecular flexibility index (Phi) is 1.62. The molecule has 0 aliphatic heterocycles. The van der Waals surface area contributed by atoms with Crippen LogP contribution in [0.5, 0.6) is 0 Å². The third kappa shape index (κ3) is 1.06.